The summed E-state index contributed by atoms with van der Waals surface area (Å²) in [5, 5.41) is 6.83. The summed E-state index contributed by atoms with van der Waals surface area (Å²) in [5.41, 5.74) is 2.10. The molecular weight excluding hydrogens is 369 g/mol. The van der Waals surface area contributed by atoms with Crippen LogP contribution in [0.3, 0.4) is 0 Å². The smallest absolute Gasteiger partial charge is 0.191 e. The lowest BCUT2D eigenvalue weighted by Crippen LogP contribution is -2.49. The summed E-state index contributed by atoms with van der Waals surface area (Å²) in [5.74, 6) is 1.54. The first-order valence-electron chi connectivity index (χ1n) is 10.0. The molecule has 1 saturated heterocycles. The van der Waals surface area contributed by atoms with Crippen LogP contribution in [0.1, 0.15) is 30.1 Å². The Morgan fingerprint density at radius 2 is 1.97 bits per heavy atom. The topological polar surface area (TPSA) is 61.8 Å². The molecule has 0 amide bonds. The van der Waals surface area contributed by atoms with Gasteiger partial charge >= 0.3 is 0 Å². The van der Waals surface area contributed by atoms with Crippen LogP contribution in [0.5, 0.6) is 0 Å². The zero-order valence-electron chi connectivity index (χ0n) is 17.4. The van der Waals surface area contributed by atoms with Crippen molar-refractivity contribution in [3.8, 4) is 0 Å². The molecular formula is C22H30FN5O. The molecule has 1 atom stereocenters. The van der Waals surface area contributed by atoms with Gasteiger partial charge < -0.3 is 20.3 Å². The van der Waals surface area contributed by atoms with Crippen molar-refractivity contribution in [1.29, 1.82) is 0 Å². The zero-order valence-corrected chi connectivity index (χ0v) is 17.4. The molecule has 7 heteroatoms. The van der Waals surface area contributed by atoms with E-state index in [0.717, 1.165) is 43.3 Å². The third kappa shape index (κ3) is 5.90. The molecule has 29 heavy (non-hydrogen) atoms. The maximum absolute atomic E-state index is 13.1. The van der Waals surface area contributed by atoms with Gasteiger partial charge in [0.15, 0.2) is 5.96 Å². The van der Waals surface area contributed by atoms with Crippen molar-refractivity contribution in [2.24, 2.45) is 4.99 Å². The Bertz CT molecular complexity index is 786. The van der Waals surface area contributed by atoms with Gasteiger partial charge in [-0.1, -0.05) is 18.2 Å². The molecule has 1 aromatic carbocycles. The maximum Gasteiger partial charge on any atom is 0.191 e. The van der Waals surface area contributed by atoms with Gasteiger partial charge in [0, 0.05) is 46.0 Å². The van der Waals surface area contributed by atoms with Gasteiger partial charge in [-0.05, 0) is 49.1 Å². The number of hydrogen-bond acceptors (Lipinski definition) is 4. The number of pyridine rings is 1. The second kappa shape index (κ2) is 10.2. The van der Waals surface area contributed by atoms with Crippen molar-refractivity contribution >= 4 is 11.8 Å². The molecule has 156 valence electrons. The van der Waals surface area contributed by atoms with E-state index in [-0.39, 0.29) is 11.9 Å². The summed E-state index contributed by atoms with van der Waals surface area (Å²) >= 11 is 0. The normalized spacial score (nSPS) is 16.6. The van der Waals surface area contributed by atoms with Gasteiger partial charge in [0.1, 0.15) is 11.6 Å². The third-order valence-corrected chi connectivity index (χ3v) is 5.26. The number of methoxy groups -OCH3 is 1. The van der Waals surface area contributed by atoms with Crippen LogP contribution in [0.25, 0.3) is 0 Å². The molecule has 1 aromatic heterocycles. The van der Waals surface area contributed by atoms with Gasteiger partial charge in [0.25, 0.3) is 0 Å². The molecule has 3 rings (SSSR count). The summed E-state index contributed by atoms with van der Waals surface area (Å²) < 4.78 is 18.7. The quantitative estimate of drug-likeness (QED) is 0.578. The number of benzene rings is 1. The molecule has 0 aliphatic carbocycles. The molecule has 0 spiro atoms. The van der Waals surface area contributed by atoms with Crippen LogP contribution in [0.15, 0.2) is 47.6 Å². The van der Waals surface area contributed by atoms with Crippen molar-refractivity contribution in [2.75, 3.05) is 38.7 Å². The Morgan fingerprint density at radius 3 is 2.55 bits per heavy atom. The average molecular weight is 400 g/mol. The summed E-state index contributed by atoms with van der Waals surface area (Å²) in [7, 11) is 3.42. The van der Waals surface area contributed by atoms with Crippen LogP contribution in [0, 0.1) is 12.7 Å². The number of guanidine groups is 1. The first-order chi connectivity index (χ1) is 14.1. The van der Waals surface area contributed by atoms with Crippen LogP contribution in [0.4, 0.5) is 10.2 Å². The van der Waals surface area contributed by atoms with E-state index in [9.17, 15) is 4.39 Å². The number of piperidine rings is 1. The summed E-state index contributed by atoms with van der Waals surface area (Å²) in [4.78, 5) is 11.2. The summed E-state index contributed by atoms with van der Waals surface area (Å²) in [6, 6.07) is 10.9. The number of aryl methyl sites for hydroxylation is 1. The highest BCUT2D eigenvalue weighted by Gasteiger charge is 2.21. The predicted octanol–water partition coefficient (Wildman–Crippen LogP) is 3.05. The highest BCUT2D eigenvalue weighted by molar-refractivity contribution is 5.80. The number of ether oxygens (including phenoxy) is 1. The number of halogens is 1. The highest BCUT2D eigenvalue weighted by atomic mass is 19.1. The molecule has 0 saturated carbocycles. The SMILES string of the molecule is CN=C(NCC(OC)c1ccc(F)cc1)NC1CCN(c2ccc(C)cn2)CC1. The monoisotopic (exact) mass is 399 g/mol. The van der Waals surface area contributed by atoms with Gasteiger partial charge in [-0.2, -0.15) is 0 Å². The van der Waals surface area contributed by atoms with Crippen molar-refractivity contribution in [3.63, 3.8) is 0 Å². The lowest BCUT2D eigenvalue weighted by molar-refractivity contribution is 0.106. The predicted molar refractivity (Wildman–Crippen MR) is 115 cm³/mol. The van der Waals surface area contributed by atoms with Crippen LogP contribution in [-0.4, -0.2) is 50.8 Å². The molecule has 0 bridgehead atoms. The minimum atomic E-state index is -0.249. The molecule has 2 heterocycles. The molecule has 1 fully saturated rings. The first-order valence-corrected chi connectivity index (χ1v) is 10.0. The molecule has 1 aliphatic heterocycles. The molecule has 1 unspecified atom stereocenters. The van der Waals surface area contributed by atoms with Crippen molar-refractivity contribution in [2.45, 2.75) is 31.9 Å². The van der Waals surface area contributed by atoms with Crippen LogP contribution < -0.4 is 15.5 Å². The van der Waals surface area contributed by atoms with E-state index < -0.39 is 0 Å². The lowest BCUT2D eigenvalue weighted by atomic mass is 10.1. The fourth-order valence-corrected chi connectivity index (χ4v) is 3.49. The van der Waals surface area contributed by atoms with E-state index in [0.29, 0.717) is 12.6 Å². The lowest BCUT2D eigenvalue weighted by Gasteiger charge is -2.34. The van der Waals surface area contributed by atoms with Gasteiger partial charge in [-0.25, -0.2) is 9.37 Å². The maximum atomic E-state index is 13.1. The van der Waals surface area contributed by atoms with E-state index >= 15 is 0 Å². The van der Waals surface area contributed by atoms with Gasteiger partial charge in [0.2, 0.25) is 0 Å². The second-order valence-electron chi connectivity index (χ2n) is 7.33. The minimum Gasteiger partial charge on any atom is -0.375 e. The van der Waals surface area contributed by atoms with Crippen molar-refractivity contribution in [1.82, 2.24) is 15.6 Å². The summed E-state index contributed by atoms with van der Waals surface area (Å²) in [6.45, 7) is 4.52. The van der Waals surface area contributed by atoms with Crippen molar-refractivity contribution < 1.29 is 9.13 Å². The number of hydrogen-bond donors (Lipinski definition) is 2. The Labute approximate surface area is 172 Å². The average Bonchev–Trinajstić information content (AvgIpc) is 2.75. The molecule has 1 aliphatic rings. The number of rotatable bonds is 6. The standard InChI is InChI=1S/C22H30FN5O/c1-16-4-9-21(25-14-16)28-12-10-19(11-13-28)27-22(24-2)26-15-20(29-3)17-5-7-18(23)8-6-17/h4-9,14,19-20H,10-13,15H2,1-3H3,(H2,24,26,27). The fourth-order valence-electron chi connectivity index (χ4n) is 3.49. The van der Waals surface area contributed by atoms with Gasteiger partial charge in [0.05, 0.1) is 6.10 Å². The van der Waals surface area contributed by atoms with Crippen molar-refractivity contribution in [3.05, 3.63) is 59.5 Å². The summed E-state index contributed by atoms with van der Waals surface area (Å²) in [6.07, 6.45) is 3.77. The Morgan fingerprint density at radius 1 is 1.24 bits per heavy atom. The minimum absolute atomic E-state index is 0.177. The molecule has 2 aromatic rings. The Balaban J connectivity index is 1.47. The highest BCUT2D eigenvalue weighted by Crippen LogP contribution is 2.18. The Kier molecular flexibility index (Phi) is 7.41. The van der Waals surface area contributed by atoms with Crippen LogP contribution in [0.2, 0.25) is 0 Å². The number of nitrogens with one attached hydrogen (secondary N) is 2. The molecule has 6 nitrogen and oxygen atoms in total. The third-order valence-electron chi connectivity index (χ3n) is 5.26. The number of nitrogens with zero attached hydrogens (tertiary/aromatic N) is 3. The fraction of sp³-hybridized carbons (Fsp3) is 0.455. The molecule has 2 N–H and O–H groups in total. The van der Waals surface area contributed by atoms with E-state index in [1.807, 2.05) is 6.20 Å². The van der Waals surface area contributed by atoms with Crippen LogP contribution in [-0.2, 0) is 4.74 Å². The zero-order chi connectivity index (χ0) is 20.6. The van der Waals surface area contributed by atoms with E-state index in [2.05, 4.69) is 44.6 Å². The number of aromatic nitrogens is 1. The van der Waals surface area contributed by atoms with E-state index in [1.54, 1.807) is 26.3 Å². The second-order valence-corrected chi connectivity index (χ2v) is 7.33. The number of anilines is 1. The largest absolute Gasteiger partial charge is 0.375 e. The first kappa shape index (κ1) is 21.0. The molecule has 0 radical (unpaired) electrons. The van der Waals surface area contributed by atoms with Gasteiger partial charge in [-0.15, -0.1) is 0 Å². The number of aliphatic imine (C=N–C) groups is 1. The van der Waals surface area contributed by atoms with Gasteiger partial charge in [-0.3, -0.25) is 4.99 Å². The van der Waals surface area contributed by atoms with E-state index in [4.69, 9.17) is 4.74 Å². The van der Waals surface area contributed by atoms with E-state index in [1.165, 1.54) is 17.7 Å². The Hall–Kier alpha value is -2.67. The van der Waals surface area contributed by atoms with Crippen LogP contribution >= 0.6 is 0 Å².